The second-order valence-electron chi connectivity index (χ2n) is 3.28. The van der Waals surface area contributed by atoms with Gasteiger partial charge in [0.15, 0.2) is 0 Å². The number of halogens is 1. The first-order chi connectivity index (χ1) is 8.58. The van der Waals surface area contributed by atoms with E-state index in [1.54, 1.807) is 5.38 Å². The minimum absolute atomic E-state index is 0.0577. The van der Waals surface area contributed by atoms with Gasteiger partial charge < -0.3 is 10.4 Å². The van der Waals surface area contributed by atoms with Gasteiger partial charge in [-0.15, -0.1) is 11.3 Å². The van der Waals surface area contributed by atoms with Gasteiger partial charge in [-0.05, 0) is 23.6 Å². The number of rotatable bonds is 3. The average Bonchev–Trinajstić information content (AvgIpc) is 2.78. The standard InChI is InChI=1S/C11H7ClN2O3S/c12-6-1-2-8(13-5-6)9(15)14-10-7(11(16)17)3-4-18-10/h1-5H,(H,14,15)(H,16,17). The summed E-state index contributed by atoms with van der Waals surface area (Å²) in [5, 5.41) is 13.7. The number of hydrogen-bond acceptors (Lipinski definition) is 4. The number of anilines is 1. The van der Waals surface area contributed by atoms with Crippen LogP contribution in [0.4, 0.5) is 5.00 Å². The van der Waals surface area contributed by atoms with Crippen LogP contribution in [0.3, 0.4) is 0 Å². The molecule has 0 bridgehead atoms. The van der Waals surface area contributed by atoms with Crippen LogP contribution < -0.4 is 5.32 Å². The van der Waals surface area contributed by atoms with Crippen LogP contribution in [0.15, 0.2) is 29.8 Å². The molecule has 0 spiro atoms. The highest BCUT2D eigenvalue weighted by atomic mass is 35.5. The molecular weight excluding hydrogens is 276 g/mol. The molecule has 2 aromatic heterocycles. The van der Waals surface area contributed by atoms with Gasteiger partial charge in [0, 0.05) is 6.20 Å². The Hall–Kier alpha value is -1.92. The van der Waals surface area contributed by atoms with Crippen molar-refractivity contribution >= 4 is 39.8 Å². The SMILES string of the molecule is O=C(Nc1sccc1C(=O)O)c1ccc(Cl)cn1. The lowest BCUT2D eigenvalue weighted by molar-refractivity contribution is 0.0698. The van der Waals surface area contributed by atoms with Gasteiger partial charge in [-0.25, -0.2) is 9.78 Å². The van der Waals surface area contributed by atoms with Crippen molar-refractivity contribution in [1.29, 1.82) is 0 Å². The van der Waals surface area contributed by atoms with Gasteiger partial charge in [0.1, 0.15) is 10.7 Å². The quantitative estimate of drug-likeness (QED) is 0.907. The van der Waals surface area contributed by atoms with E-state index in [0.717, 1.165) is 11.3 Å². The molecule has 5 nitrogen and oxygen atoms in total. The zero-order valence-corrected chi connectivity index (χ0v) is 10.5. The predicted molar refractivity (Wildman–Crippen MR) is 68.5 cm³/mol. The smallest absolute Gasteiger partial charge is 0.338 e. The molecule has 0 aliphatic carbocycles. The third kappa shape index (κ3) is 2.66. The van der Waals surface area contributed by atoms with Gasteiger partial charge in [-0.2, -0.15) is 0 Å². The van der Waals surface area contributed by atoms with E-state index in [4.69, 9.17) is 16.7 Å². The summed E-state index contributed by atoms with van der Waals surface area (Å²) in [5.41, 5.74) is 0.228. The fraction of sp³-hybridized carbons (Fsp3) is 0. The summed E-state index contributed by atoms with van der Waals surface area (Å²) in [6, 6.07) is 4.43. The molecule has 2 rings (SSSR count). The molecule has 2 heterocycles. The Morgan fingerprint density at radius 3 is 2.72 bits per heavy atom. The lowest BCUT2D eigenvalue weighted by Gasteiger charge is -2.03. The van der Waals surface area contributed by atoms with Gasteiger partial charge in [-0.1, -0.05) is 11.6 Å². The highest BCUT2D eigenvalue weighted by Gasteiger charge is 2.15. The molecule has 0 fully saturated rings. The molecule has 1 amide bonds. The molecule has 0 radical (unpaired) electrons. The van der Waals surface area contributed by atoms with Crippen LogP contribution >= 0.6 is 22.9 Å². The summed E-state index contributed by atoms with van der Waals surface area (Å²) in [4.78, 5) is 26.5. The van der Waals surface area contributed by atoms with Crippen molar-refractivity contribution in [3.63, 3.8) is 0 Å². The highest BCUT2D eigenvalue weighted by Crippen LogP contribution is 2.23. The Morgan fingerprint density at radius 1 is 1.33 bits per heavy atom. The number of amides is 1. The van der Waals surface area contributed by atoms with Gasteiger partial charge in [-0.3, -0.25) is 4.79 Å². The molecule has 0 aromatic carbocycles. The maximum Gasteiger partial charge on any atom is 0.338 e. The van der Waals surface area contributed by atoms with Crippen LogP contribution in [-0.2, 0) is 0 Å². The van der Waals surface area contributed by atoms with Crippen molar-refractivity contribution in [1.82, 2.24) is 4.98 Å². The maximum absolute atomic E-state index is 11.8. The largest absolute Gasteiger partial charge is 0.478 e. The van der Waals surface area contributed by atoms with Crippen molar-refractivity contribution in [2.24, 2.45) is 0 Å². The monoisotopic (exact) mass is 282 g/mol. The van der Waals surface area contributed by atoms with Crippen molar-refractivity contribution in [2.45, 2.75) is 0 Å². The maximum atomic E-state index is 11.8. The molecule has 2 N–H and O–H groups in total. The number of carbonyl (C=O) groups excluding carboxylic acids is 1. The fourth-order valence-corrected chi connectivity index (χ4v) is 2.14. The van der Waals surface area contributed by atoms with Gasteiger partial charge in [0.25, 0.3) is 5.91 Å². The second kappa shape index (κ2) is 5.16. The van der Waals surface area contributed by atoms with Crippen molar-refractivity contribution in [3.8, 4) is 0 Å². The third-order valence-electron chi connectivity index (χ3n) is 2.08. The lowest BCUT2D eigenvalue weighted by Crippen LogP contribution is -2.14. The summed E-state index contributed by atoms with van der Waals surface area (Å²) >= 11 is 6.79. The molecule has 2 aromatic rings. The van der Waals surface area contributed by atoms with Crippen molar-refractivity contribution in [3.05, 3.63) is 46.1 Å². The van der Waals surface area contributed by atoms with E-state index in [0.29, 0.717) is 5.02 Å². The number of nitrogens with one attached hydrogen (secondary N) is 1. The summed E-state index contributed by atoms with van der Waals surface area (Å²) in [6.45, 7) is 0. The molecule has 0 saturated heterocycles. The van der Waals surface area contributed by atoms with Crippen LogP contribution in [0.25, 0.3) is 0 Å². The van der Waals surface area contributed by atoms with Crippen LogP contribution in [-0.4, -0.2) is 22.0 Å². The molecular formula is C11H7ClN2O3S. The molecule has 92 valence electrons. The van der Waals surface area contributed by atoms with E-state index < -0.39 is 11.9 Å². The first-order valence-corrected chi connectivity index (χ1v) is 6.07. The fourth-order valence-electron chi connectivity index (χ4n) is 1.25. The highest BCUT2D eigenvalue weighted by molar-refractivity contribution is 7.14. The van der Waals surface area contributed by atoms with Crippen LogP contribution in [0.2, 0.25) is 5.02 Å². The molecule has 0 aliphatic heterocycles. The first-order valence-electron chi connectivity index (χ1n) is 4.81. The zero-order valence-electron chi connectivity index (χ0n) is 8.88. The molecule has 18 heavy (non-hydrogen) atoms. The van der Waals surface area contributed by atoms with Gasteiger partial charge >= 0.3 is 5.97 Å². The lowest BCUT2D eigenvalue weighted by atomic mass is 10.3. The van der Waals surface area contributed by atoms with Crippen LogP contribution in [0.5, 0.6) is 0 Å². The predicted octanol–water partition coefficient (Wildman–Crippen LogP) is 2.75. The zero-order chi connectivity index (χ0) is 13.1. The number of hydrogen-bond donors (Lipinski definition) is 2. The number of carboxylic acids is 1. The Bertz CT molecular complexity index is 595. The van der Waals surface area contributed by atoms with E-state index in [2.05, 4.69) is 10.3 Å². The van der Waals surface area contributed by atoms with E-state index in [1.165, 1.54) is 24.4 Å². The summed E-state index contributed by atoms with van der Waals surface area (Å²) < 4.78 is 0. The van der Waals surface area contributed by atoms with Crippen LogP contribution in [0, 0.1) is 0 Å². The molecule has 0 atom stereocenters. The van der Waals surface area contributed by atoms with Crippen LogP contribution in [0.1, 0.15) is 20.8 Å². The summed E-state index contributed by atoms with van der Waals surface area (Å²) in [7, 11) is 0. The van der Waals surface area contributed by atoms with E-state index in [-0.39, 0.29) is 16.3 Å². The van der Waals surface area contributed by atoms with E-state index in [1.807, 2.05) is 0 Å². The summed E-state index contributed by atoms with van der Waals surface area (Å²) in [5.74, 6) is -1.56. The number of carboxylic acid groups (broad SMARTS) is 1. The first kappa shape index (κ1) is 12.5. The Labute approximate surface area is 111 Å². The van der Waals surface area contributed by atoms with Crippen molar-refractivity contribution in [2.75, 3.05) is 5.32 Å². The number of carbonyl (C=O) groups is 2. The normalized spacial score (nSPS) is 10.1. The van der Waals surface area contributed by atoms with Gasteiger partial charge in [0.05, 0.1) is 10.6 Å². The number of nitrogens with zero attached hydrogens (tertiary/aromatic N) is 1. The minimum atomic E-state index is -1.09. The molecule has 0 aliphatic rings. The molecule has 0 saturated carbocycles. The average molecular weight is 283 g/mol. The number of pyridine rings is 1. The Balaban J connectivity index is 2.19. The Morgan fingerprint density at radius 2 is 2.11 bits per heavy atom. The van der Waals surface area contributed by atoms with Gasteiger partial charge in [0.2, 0.25) is 0 Å². The van der Waals surface area contributed by atoms with E-state index >= 15 is 0 Å². The second-order valence-corrected chi connectivity index (χ2v) is 4.64. The number of thiophene rings is 1. The topological polar surface area (TPSA) is 79.3 Å². The number of aromatic carboxylic acids is 1. The Kier molecular flexibility index (Phi) is 3.59. The van der Waals surface area contributed by atoms with Crippen molar-refractivity contribution < 1.29 is 14.7 Å². The summed E-state index contributed by atoms with van der Waals surface area (Å²) in [6.07, 6.45) is 1.35. The number of aromatic nitrogens is 1. The molecule has 0 unspecified atom stereocenters. The third-order valence-corrected chi connectivity index (χ3v) is 3.14. The minimum Gasteiger partial charge on any atom is -0.478 e. The van der Waals surface area contributed by atoms with E-state index in [9.17, 15) is 9.59 Å². The molecule has 7 heteroatoms.